The van der Waals surface area contributed by atoms with E-state index in [4.69, 9.17) is 0 Å². The average molecular weight is 196 g/mol. The van der Waals surface area contributed by atoms with Crippen LogP contribution >= 0.6 is 0 Å². The van der Waals surface area contributed by atoms with E-state index in [2.05, 4.69) is 38.4 Å². The number of allylic oxidation sites excluding steroid dienone is 2. The van der Waals surface area contributed by atoms with Gasteiger partial charge in [-0.3, -0.25) is 4.79 Å². The minimum atomic E-state index is 0.0381. The Morgan fingerprint density at radius 2 is 2.07 bits per heavy atom. The van der Waals surface area contributed by atoms with E-state index in [0.717, 1.165) is 31.6 Å². The maximum atomic E-state index is 10.8. The predicted octanol–water partition coefficient (Wildman–Crippen LogP) is 3.06. The summed E-state index contributed by atoms with van der Waals surface area (Å²) in [7, 11) is 3.32. The summed E-state index contributed by atoms with van der Waals surface area (Å²) in [5.41, 5.74) is 0. The lowest BCUT2D eigenvalue weighted by Gasteiger charge is -1.98. The van der Waals surface area contributed by atoms with Crippen LogP contribution in [0.5, 0.6) is 0 Å². The van der Waals surface area contributed by atoms with Crippen LogP contribution in [0.4, 0.5) is 0 Å². The van der Waals surface area contributed by atoms with Gasteiger partial charge in [0.2, 0.25) is 5.91 Å². The van der Waals surface area contributed by atoms with Gasteiger partial charge in [-0.15, -0.1) is 0 Å². The lowest BCUT2D eigenvalue weighted by Crippen LogP contribution is -2.14. The molecule has 14 heavy (non-hydrogen) atoms. The highest BCUT2D eigenvalue weighted by atomic mass is 16.1. The molecule has 2 heteroatoms. The van der Waals surface area contributed by atoms with Crippen molar-refractivity contribution in [1.29, 1.82) is 0 Å². The third kappa shape index (κ3) is 9.30. The van der Waals surface area contributed by atoms with Gasteiger partial charge in [-0.25, -0.2) is 0 Å². The summed E-state index contributed by atoms with van der Waals surface area (Å²) in [5.74, 6) is 0.777. The van der Waals surface area contributed by atoms with E-state index in [-0.39, 0.29) is 5.91 Å². The molecular weight excluding hydrogens is 174 g/mol. The second-order valence-electron chi connectivity index (χ2n) is 3.95. The lowest BCUT2D eigenvalue weighted by molar-refractivity contribution is -0.120. The average Bonchev–Trinajstić information content (AvgIpc) is 2.15. The molecule has 0 aromatic rings. The molecule has 0 atom stereocenters. The van der Waals surface area contributed by atoms with Crippen molar-refractivity contribution in [2.24, 2.45) is 5.92 Å². The quantitative estimate of drug-likeness (QED) is 0.492. The first-order chi connectivity index (χ1) is 6.66. The molecule has 1 N–H and O–H groups in total. The largest absolute Gasteiger partial charge is 0.354 e. The zero-order valence-electron chi connectivity index (χ0n) is 9.38. The SMILES string of the molecule is [CH2]NC(=O)CCCC/C=C/CC(C)C. The van der Waals surface area contributed by atoms with Crippen molar-refractivity contribution in [3.63, 3.8) is 0 Å². The van der Waals surface area contributed by atoms with Crippen LogP contribution in [0.25, 0.3) is 0 Å². The van der Waals surface area contributed by atoms with Crippen molar-refractivity contribution < 1.29 is 4.79 Å². The number of carbonyl (C=O) groups excluding carboxylic acids is 1. The first-order valence-electron chi connectivity index (χ1n) is 5.37. The molecule has 1 amide bonds. The third-order valence-corrected chi connectivity index (χ3v) is 2.00. The van der Waals surface area contributed by atoms with E-state index in [1.807, 2.05) is 0 Å². The molecule has 0 heterocycles. The number of hydrogen-bond donors (Lipinski definition) is 1. The van der Waals surface area contributed by atoms with Crippen LogP contribution in [0.2, 0.25) is 0 Å². The highest BCUT2D eigenvalue weighted by Gasteiger charge is 1.95. The first kappa shape index (κ1) is 13.2. The monoisotopic (exact) mass is 196 g/mol. The fourth-order valence-electron chi connectivity index (χ4n) is 1.12. The first-order valence-corrected chi connectivity index (χ1v) is 5.37. The number of amides is 1. The van der Waals surface area contributed by atoms with Crippen molar-refractivity contribution in [2.75, 3.05) is 0 Å². The molecular formula is C12H22NO. The van der Waals surface area contributed by atoms with Crippen LogP contribution in [-0.4, -0.2) is 5.91 Å². The fourth-order valence-corrected chi connectivity index (χ4v) is 1.12. The number of unbranched alkanes of at least 4 members (excludes halogenated alkanes) is 2. The van der Waals surface area contributed by atoms with Gasteiger partial charge in [0.05, 0.1) is 0 Å². The summed E-state index contributed by atoms with van der Waals surface area (Å²) in [4.78, 5) is 10.8. The summed E-state index contributed by atoms with van der Waals surface area (Å²) in [6.07, 6.45) is 9.31. The number of rotatable bonds is 7. The molecule has 2 nitrogen and oxygen atoms in total. The van der Waals surface area contributed by atoms with Crippen molar-refractivity contribution >= 4 is 5.91 Å². The number of hydrogen-bond acceptors (Lipinski definition) is 1. The van der Waals surface area contributed by atoms with E-state index >= 15 is 0 Å². The molecule has 0 aliphatic heterocycles. The molecule has 0 bridgehead atoms. The lowest BCUT2D eigenvalue weighted by atomic mass is 10.1. The maximum absolute atomic E-state index is 10.8. The summed E-state index contributed by atoms with van der Waals surface area (Å²) in [6, 6.07) is 0. The topological polar surface area (TPSA) is 29.1 Å². The maximum Gasteiger partial charge on any atom is 0.220 e. The second-order valence-corrected chi connectivity index (χ2v) is 3.95. The summed E-state index contributed by atoms with van der Waals surface area (Å²) in [6.45, 7) is 4.42. The van der Waals surface area contributed by atoms with Crippen LogP contribution in [0.3, 0.4) is 0 Å². The molecule has 1 radical (unpaired) electrons. The molecule has 0 aliphatic rings. The Labute approximate surface area is 87.8 Å². The zero-order chi connectivity index (χ0) is 10.8. The standard InChI is InChI=1S/C12H22NO/c1-11(2)9-7-5-4-6-8-10-12(14)13-3/h5,7,11H,3-4,6,8-10H2,1-2H3,(H,13,14)/b7-5+. The summed E-state index contributed by atoms with van der Waals surface area (Å²) in [5, 5.41) is 2.38. The van der Waals surface area contributed by atoms with Crippen molar-refractivity contribution in [3.8, 4) is 0 Å². The molecule has 81 valence electrons. The van der Waals surface area contributed by atoms with Gasteiger partial charge in [-0.1, -0.05) is 26.0 Å². The van der Waals surface area contributed by atoms with E-state index in [0.29, 0.717) is 6.42 Å². The van der Waals surface area contributed by atoms with Crippen molar-refractivity contribution in [2.45, 2.75) is 46.0 Å². The molecule has 0 rings (SSSR count). The van der Waals surface area contributed by atoms with Crippen LogP contribution in [0.15, 0.2) is 12.2 Å². The van der Waals surface area contributed by atoms with Crippen LogP contribution in [-0.2, 0) is 4.79 Å². The van der Waals surface area contributed by atoms with Gasteiger partial charge < -0.3 is 5.32 Å². The van der Waals surface area contributed by atoms with Gasteiger partial charge >= 0.3 is 0 Å². The molecule has 0 aromatic carbocycles. The highest BCUT2D eigenvalue weighted by molar-refractivity contribution is 5.75. The number of nitrogens with one attached hydrogen (secondary N) is 1. The molecule has 0 saturated carbocycles. The normalized spacial score (nSPS) is 11.1. The van der Waals surface area contributed by atoms with Crippen molar-refractivity contribution in [3.05, 3.63) is 19.2 Å². The third-order valence-electron chi connectivity index (χ3n) is 2.00. The Bertz CT molecular complexity index is 173. The highest BCUT2D eigenvalue weighted by Crippen LogP contribution is 2.04. The minimum Gasteiger partial charge on any atom is -0.354 e. The Kier molecular flexibility index (Phi) is 8.30. The smallest absolute Gasteiger partial charge is 0.220 e. The molecule has 0 saturated heterocycles. The van der Waals surface area contributed by atoms with Gasteiger partial charge in [0.15, 0.2) is 0 Å². The molecule has 0 aromatic heterocycles. The molecule has 0 spiro atoms. The van der Waals surface area contributed by atoms with Crippen LogP contribution in [0.1, 0.15) is 46.0 Å². The van der Waals surface area contributed by atoms with Gasteiger partial charge in [-0.2, -0.15) is 0 Å². The van der Waals surface area contributed by atoms with Crippen LogP contribution < -0.4 is 5.32 Å². The Balaban J connectivity index is 3.21. The molecule has 0 fully saturated rings. The van der Waals surface area contributed by atoms with E-state index in [9.17, 15) is 4.79 Å². The van der Waals surface area contributed by atoms with Gasteiger partial charge in [0, 0.05) is 13.5 Å². The number of carbonyl (C=O) groups is 1. The Hall–Kier alpha value is -0.790. The summed E-state index contributed by atoms with van der Waals surface area (Å²) < 4.78 is 0. The fraction of sp³-hybridized carbons (Fsp3) is 0.667. The molecule has 0 aliphatic carbocycles. The minimum absolute atomic E-state index is 0.0381. The van der Waals surface area contributed by atoms with Gasteiger partial charge in [0.25, 0.3) is 0 Å². The van der Waals surface area contributed by atoms with E-state index in [1.54, 1.807) is 0 Å². The van der Waals surface area contributed by atoms with E-state index in [1.165, 1.54) is 0 Å². The van der Waals surface area contributed by atoms with E-state index < -0.39 is 0 Å². The van der Waals surface area contributed by atoms with Crippen molar-refractivity contribution in [1.82, 2.24) is 5.32 Å². The Morgan fingerprint density at radius 1 is 1.36 bits per heavy atom. The zero-order valence-corrected chi connectivity index (χ0v) is 9.38. The Morgan fingerprint density at radius 3 is 2.64 bits per heavy atom. The van der Waals surface area contributed by atoms with Crippen LogP contribution in [0, 0.1) is 13.0 Å². The predicted molar refractivity (Wildman–Crippen MR) is 60.6 cm³/mol. The summed E-state index contributed by atoms with van der Waals surface area (Å²) >= 11 is 0. The second kappa shape index (κ2) is 8.79. The van der Waals surface area contributed by atoms with Gasteiger partial charge in [0.1, 0.15) is 0 Å². The molecule has 0 unspecified atom stereocenters. The van der Waals surface area contributed by atoms with Gasteiger partial charge in [-0.05, 0) is 31.6 Å².